The van der Waals surface area contributed by atoms with Gasteiger partial charge in [-0.3, -0.25) is 9.59 Å². The second kappa shape index (κ2) is 10.2. The predicted octanol–water partition coefficient (Wildman–Crippen LogP) is 1.42. The lowest BCUT2D eigenvalue weighted by molar-refractivity contribution is -0.121. The molecule has 0 aliphatic rings. The van der Waals surface area contributed by atoms with Crippen molar-refractivity contribution in [3.63, 3.8) is 0 Å². The Balaban J connectivity index is 0.00000361. The zero-order valence-electron chi connectivity index (χ0n) is 11.8. The summed E-state index contributed by atoms with van der Waals surface area (Å²) in [7, 11) is 3.39. The molecule has 0 aromatic heterocycles. The Bertz CT molecular complexity index is 421. The lowest BCUT2D eigenvalue weighted by atomic mass is 10.1. The fraction of sp³-hybridized carbons (Fsp3) is 0.429. The van der Waals surface area contributed by atoms with E-state index in [1.165, 1.54) is 0 Å². The summed E-state index contributed by atoms with van der Waals surface area (Å²) in [5.74, 6) is 0.574. The highest BCUT2D eigenvalue weighted by atomic mass is 35.5. The van der Waals surface area contributed by atoms with Crippen LogP contribution in [0.2, 0.25) is 0 Å². The number of hydrogen-bond acceptors (Lipinski definition) is 4. The van der Waals surface area contributed by atoms with E-state index in [9.17, 15) is 9.59 Å². The van der Waals surface area contributed by atoms with Crippen molar-refractivity contribution in [2.75, 3.05) is 27.2 Å². The third-order valence-corrected chi connectivity index (χ3v) is 2.69. The summed E-state index contributed by atoms with van der Waals surface area (Å²) in [6.07, 6.45) is 0.437. The van der Waals surface area contributed by atoms with Crippen molar-refractivity contribution in [3.8, 4) is 5.75 Å². The van der Waals surface area contributed by atoms with E-state index >= 15 is 0 Å². The number of Topliss-reactive ketones (excluding diaryl/α,β-unsaturated/α-hetero) is 1. The van der Waals surface area contributed by atoms with Gasteiger partial charge in [0.05, 0.1) is 7.11 Å². The second-order valence-electron chi connectivity index (χ2n) is 4.11. The number of benzene rings is 1. The van der Waals surface area contributed by atoms with Crippen molar-refractivity contribution in [1.29, 1.82) is 0 Å². The van der Waals surface area contributed by atoms with Gasteiger partial charge in [-0.05, 0) is 31.3 Å². The summed E-state index contributed by atoms with van der Waals surface area (Å²) in [6, 6.07) is 6.89. The van der Waals surface area contributed by atoms with E-state index in [-0.39, 0.29) is 36.9 Å². The van der Waals surface area contributed by atoms with Gasteiger partial charge >= 0.3 is 0 Å². The number of likely N-dealkylation sites (N-methyl/N-ethyl adjacent to an activating group) is 1. The molecule has 112 valence electrons. The van der Waals surface area contributed by atoms with Crippen molar-refractivity contribution >= 4 is 24.1 Å². The predicted molar refractivity (Wildman–Crippen MR) is 80.7 cm³/mol. The van der Waals surface area contributed by atoms with Gasteiger partial charge in [-0.15, -0.1) is 12.4 Å². The van der Waals surface area contributed by atoms with Gasteiger partial charge < -0.3 is 15.4 Å². The van der Waals surface area contributed by atoms with Crippen LogP contribution in [0, 0.1) is 0 Å². The fourth-order valence-corrected chi connectivity index (χ4v) is 1.56. The first-order valence-electron chi connectivity index (χ1n) is 6.26. The molecule has 0 radical (unpaired) electrons. The van der Waals surface area contributed by atoms with E-state index in [1.54, 1.807) is 31.4 Å². The van der Waals surface area contributed by atoms with Crippen LogP contribution in [0.15, 0.2) is 24.3 Å². The largest absolute Gasteiger partial charge is 0.497 e. The first kappa shape index (κ1) is 18.4. The topological polar surface area (TPSA) is 67.4 Å². The highest BCUT2D eigenvalue weighted by Crippen LogP contribution is 2.13. The number of hydrogen-bond donors (Lipinski definition) is 2. The SMILES string of the molecule is CNCCNC(=O)CCC(=O)c1ccc(OC)cc1.Cl. The molecule has 0 unspecified atom stereocenters. The first-order chi connectivity index (χ1) is 9.17. The molecule has 1 aromatic carbocycles. The van der Waals surface area contributed by atoms with E-state index in [0.717, 1.165) is 6.54 Å². The molecule has 1 rings (SSSR count). The molecule has 0 saturated heterocycles. The van der Waals surface area contributed by atoms with E-state index in [2.05, 4.69) is 10.6 Å². The number of methoxy groups -OCH3 is 1. The van der Waals surface area contributed by atoms with Crippen molar-refractivity contribution in [2.24, 2.45) is 0 Å². The first-order valence-corrected chi connectivity index (χ1v) is 6.26. The number of carbonyl (C=O) groups is 2. The average Bonchev–Trinajstić information content (AvgIpc) is 2.45. The summed E-state index contributed by atoms with van der Waals surface area (Å²) in [5, 5.41) is 5.67. The maximum atomic E-state index is 11.8. The number of carbonyl (C=O) groups excluding carboxylic acids is 2. The Kier molecular flexibility index (Phi) is 9.41. The van der Waals surface area contributed by atoms with E-state index in [0.29, 0.717) is 17.9 Å². The highest BCUT2D eigenvalue weighted by molar-refractivity contribution is 5.98. The van der Waals surface area contributed by atoms with Gasteiger partial charge in [0.25, 0.3) is 0 Å². The van der Waals surface area contributed by atoms with Crippen molar-refractivity contribution < 1.29 is 14.3 Å². The lowest BCUT2D eigenvalue weighted by Gasteiger charge is -2.05. The van der Waals surface area contributed by atoms with Gasteiger partial charge in [0.15, 0.2) is 5.78 Å². The Hall–Kier alpha value is -1.59. The average molecular weight is 301 g/mol. The molecule has 0 fully saturated rings. The van der Waals surface area contributed by atoms with Crippen LogP contribution in [0.25, 0.3) is 0 Å². The van der Waals surface area contributed by atoms with Gasteiger partial charge in [0.2, 0.25) is 5.91 Å². The van der Waals surface area contributed by atoms with Crippen LogP contribution >= 0.6 is 12.4 Å². The number of rotatable bonds is 8. The smallest absolute Gasteiger partial charge is 0.220 e. The Morgan fingerprint density at radius 3 is 2.30 bits per heavy atom. The minimum atomic E-state index is -0.0999. The van der Waals surface area contributed by atoms with Crippen LogP contribution in [0.3, 0.4) is 0 Å². The summed E-state index contributed by atoms with van der Waals surface area (Å²) in [4.78, 5) is 23.3. The molecule has 0 spiro atoms. The quantitative estimate of drug-likeness (QED) is 0.563. The van der Waals surface area contributed by atoms with Crippen LogP contribution in [-0.4, -0.2) is 38.9 Å². The van der Waals surface area contributed by atoms with Gasteiger partial charge in [0, 0.05) is 31.5 Å². The number of halogens is 1. The van der Waals surface area contributed by atoms with Crippen LogP contribution < -0.4 is 15.4 Å². The Morgan fingerprint density at radius 1 is 1.10 bits per heavy atom. The van der Waals surface area contributed by atoms with Crippen LogP contribution in [0.4, 0.5) is 0 Å². The highest BCUT2D eigenvalue weighted by Gasteiger charge is 2.09. The zero-order valence-corrected chi connectivity index (χ0v) is 12.6. The van der Waals surface area contributed by atoms with Gasteiger partial charge in [-0.25, -0.2) is 0 Å². The normalized spacial score (nSPS) is 9.50. The minimum Gasteiger partial charge on any atom is -0.497 e. The molecule has 2 N–H and O–H groups in total. The molecular formula is C14H21ClN2O3. The number of amides is 1. The van der Waals surface area contributed by atoms with Crippen molar-refractivity contribution in [2.45, 2.75) is 12.8 Å². The molecule has 1 amide bonds. The van der Waals surface area contributed by atoms with Crippen molar-refractivity contribution in [1.82, 2.24) is 10.6 Å². The Morgan fingerprint density at radius 2 is 1.75 bits per heavy atom. The van der Waals surface area contributed by atoms with Crippen LogP contribution in [0.1, 0.15) is 23.2 Å². The molecule has 0 bridgehead atoms. The van der Waals surface area contributed by atoms with Gasteiger partial charge in [0.1, 0.15) is 5.75 Å². The molecule has 5 nitrogen and oxygen atoms in total. The molecule has 20 heavy (non-hydrogen) atoms. The maximum Gasteiger partial charge on any atom is 0.220 e. The van der Waals surface area contributed by atoms with E-state index < -0.39 is 0 Å². The molecular weight excluding hydrogens is 280 g/mol. The minimum absolute atomic E-state index is 0. The number of ether oxygens (including phenoxy) is 1. The van der Waals surface area contributed by atoms with Gasteiger partial charge in [-0.2, -0.15) is 0 Å². The maximum absolute atomic E-state index is 11.8. The summed E-state index contributed by atoms with van der Waals surface area (Å²) >= 11 is 0. The lowest BCUT2D eigenvalue weighted by Crippen LogP contribution is -2.30. The number of ketones is 1. The van der Waals surface area contributed by atoms with E-state index in [4.69, 9.17) is 4.74 Å². The molecule has 6 heteroatoms. The van der Waals surface area contributed by atoms with Crippen molar-refractivity contribution in [3.05, 3.63) is 29.8 Å². The molecule has 1 aromatic rings. The second-order valence-corrected chi connectivity index (χ2v) is 4.11. The molecule has 0 saturated carbocycles. The third kappa shape index (κ3) is 6.54. The Labute approximate surface area is 125 Å². The molecule has 0 heterocycles. The summed E-state index contributed by atoms with van der Waals surface area (Å²) < 4.78 is 5.02. The monoisotopic (exact) mass is 300 g/mol. The summed E-state index contributed by atoms with van der Waals surface area (Å²) in [5.41, 5.74) is 0.601. The molecule has 0 aliphatic carbocycles. The standard InChI is InChI=1S/C14H20N2O3.ClH/c1-15-9-10-16-14(18)8-7-13(17)11-3-5-12(19-2)6-4-11;/h3-6,15H,7-10H2,1-2H3,(H,16,18);1H. The third-order valence-electron chi connectivity index (χ3n) is 2.69. The fourth-order valence-electron chi connectivity index (χ4n) is 1.56. The summed E-state index contributed by atoms with van der Waals surface area (Å²) in [6.45, 7) is 1.30. The molecule has 0 atom stereocenters. The van der Waals surface area contributed by atoms with Crippen LogP contribution in [0.5, 0.6) is 5.75 Å². The van der Waals surface area contributed by atoms with E-state index in [1.807, 2.05) is 7.05 Å². The number of nitrogens with one attached hydrogen (secondary N) is 2. The zero-order chi connectivity index (χ0) is 14.1. The van der Waals surface area contributed by atoms with Crippen LogP contribution in [-0.2, 0) is 4.79 Å². The van der Waals surface area contributed by atoms with Gasteiger partial charge in [-0.1, -0.05) is 0 Å². The molecule has 0 aliphatic heterocycles.